The Hall–Kier alpha value is -1.06. The Kier molecular flexibility index (Phi) is 7.53. The van der Waals surface area contributed by atoms with Crippen molar-refractivity contribution in [2.75, 3.05) is 13.2 Å². The largest absolute Gasteiger partial charge is 0.491 e. The van der Waals surface area contributed by atoms with Crippen molar-refractivity contribution in [2.45, 2.75) is 52.2 Å². The lowest BCUT2D eigenvalue weighted by Crippen LogP contribution is -2.17. The Labute approximate surface area is 117 Å². The Morgan fingerprint density at radius 2 is 1.79 bits per heavy atom. The van der Waals surface area contributed by atoms with E-state index < -0.39 is 0 Å². The van der Waals surface area contributed by atoms with Crippen molar-refractivity contribution in [2.24, 2.45) is 5.73 Å². The van der Waals surface area contributed by atoms with Gasteiger partial charge in [0.25, 0.3) is 0 Å². The van der Waals surface area contributed by atoms with E-state index in [-0.39, 0.29) is 12.1 Å². The van der Waals surface area contributed by atoms with Crippen LogP contribution in [0.25, 0.3) is 0 Å². The minimum absolute atomic E-state index is 0.0604. The summed E-state index contributed by atoms with van der Waals surface area (Å²) in [4.78, 5) is 0. The van der Waals surface area contributed by atoms with Gasteiger partial charge in [0.15, 0.2) is 0 Å². The van der Waals surface area contributed by atoms with Gasteiger partial charge in [-0.2, -0.15) is 0 Å². The van der Waals surface area contributed by atoms with E-state index in [1.54, 1.807) is 0 Å². The predicted molar refractivity (Wildman–Crippen MR) is 79.5 cm³/mol. The number of ether oxygens (including phenoxy) is 2. The molecule has 0 aliphatic carbocycles. The van der Waals surface area contributed by atoms with Gasteiger partial charge in [-0.25, -0.2) is 0 Å². The summed E-state index contributed by atoms with van der Waals surface area (Å²) in [6, 6.07) is 7.89. The second-order valence-electron chi connectivity index (χ2n) is 5.12. The van der Waals surface area contributed by atoms with Crippen molar-refractivity contribution in [3.05, 3.63) is 29.8 Å². The molecule has 0 heterocycles. The molecule has 108 valence electrons. The van der Waals surface area contributed by atoms with Gasteiger partial charge in [-0.1, -0.05) is 31.9 Å². The minimum atomic E-state index is -0.0604. The van der Waals surface area contributed by atoms with E-state index >= 15 is 0 Å². The lowest BCUT2D eigenvalue weighted by molar-refractivity contribution is 0.117. The molecule has 0 fully saturated rings. The summed E-state index contributed by atoms with van der Waals surface area (Å²) < 4.78 is 11.2. The van der Waals surface area contributed by atoms with Crippen molar-refractivity contribution in [3.8, 4) is 5.75 Å². The van der Waals surface area contributed by atoms with Crippen molar-refractivity contribution >= 4 is 0 Å². The van der Waals surface area contributed by atoms with Gasteiger partial charge in [-0.15, -0.1) is 0 Å². The van der Waals surface area contributed by atoms with E-state index in [1.807, 2.05) is 38.1 Å². The molecule has 3 heteroatoms. The van der Waals surface area contributed by atoms with Gasteiger partial charge in [-0.3, -0.25) is 0 Å². The van der Waals surface area contributed by atoms with Gasteiger partial charge >= 0.3 is 0 Å². The number of benzene rings is 1. The normalized spacial score (nSPS) is 12.7. The molecule has 1 atom stereocenters. The maximum atomic E-state index is 6.10. The van der Waals surface area contributed by atoms with Crippen LogP contribution in [0.4, 0.5) is 0 Å². The van der Waals surface area contributed by atoms with Gasteiger partial charge < -0.3 is 15.2 Å². The fourth-order valence-corrected chi connectivity index (χ4v) is 1.83. The summed E-state index contributed by atoms with van der Waals surface area (Å²) in [6.07, 6.45) is 3.74. The van der Waals surface area contributed by atoms with Crippen LogP contribution in [0.3, 0.4) is 0 Å². The van der Waals surface area contributed by atoms with Crippen molar-refractivity contribution in [3.63, 3.8) is 0 Å². The summed E-state index contributed by atoms with van der Waals surface area (Å²) in [5.74, 6) is 0.884. The van der Waals surface area contributed by atoms with E-state index in [0.29, 0.717) is 6.61 Å². The van der Waals surface area contributed by atoms with Crippen LogP contribution in [0.5, 0.6) is 5.75 Å². The maximum absolute atomic E-state index is 6.10. The first kappa shape index (κ1) is 16.0. The van der Waals surface area contributed by atoms with Gasteiger partial charge in [0.05, 0.1) is 18.8 Å². The van der Waals surface area contributed by atoms with Gasteiger partial charge in [-0.05, 0) is 38.0 Å². The second-order valence-corrected chi connectivity index (χ2v) is 5.12. The Morgan fingerprint density at radius 3 is 2.37 bits per heavy atom. The molecule has 0 aliphatic rings. The molecule has 1 aromatic carbocycles. The molecule has 0 radical (unpaired) electrons. The van der Waals surface area contributed by atoms with E-state index in [0.717, 1.165) is 24.3 Å². The fraction of sp³-hybridized carbons (Fsp3) is 0.625. The van der Waals surface area contributed by atoms with Crippen LogP contribution in [0.1, 0.15) is 51.6 Å². The first-order valence-corrected chi connectivity index (χ1v) is 7.23. The zero-order valence-corrected chi connectivity index (χ0v) is 12.4. The molecular formula is C16H27NO2. The summed E-state index contributed by atoms with van der Waals surface area (Å²) >= 11 is 0. The van der Waals surface area contributed by atoms with Crippen LogP contribution < -0.4 is 10.5 Å². The molecule has 1 unspecified atom stereocenters. The Balaban J connectivity index is 2.33. The first-order valence-electron chi connectivity index (χ1n) is 7.23. The van der Waals surface area contributed by atoms with E-state index in [1.165, 1.54) is 12.8 Å². The molecule has 0 saturated heterocycles. The fourth-order valence-electron chi connectivity index (χ4n) is 1.83. The number of rotatable bonds is 9. The molecule has 0 aliphatic heterocycles. The van der Waals surface area contributed by atoms with Crippen LogP contribution in [-0.2, 0) is 4.74 Å². The van der Waals surface area contributed by atoms with Gasteiger partial charge in [0.1, 0.15) is 5.75 Å². The van der Waals surface area contributed by atoms with Crippen molar-refractivity contribution in [1.29, 1.82) is 0 Å². The van der Waals surface area contributed by atoms with Crippen LogP contribution in [-0.4, -0.2) is 19.3 Å². The maximum Gasteiger partial charge on any atom is 0.119 e. The number of unbranched alkanes of at least 4 members (excludes halogenated alkanes) is 2. The molecule has 0 spiro atoms. The molecule has 19 heavy (non-hydrogen) atoms. The molecule has 0 amide bonds. The zero-order valence-electron chi connectivity index (χ0n) is 12.4. The van der Waals surface area contributed by atoms with Crippen LogP contribution in [0.15, 0.2) is 24.3 Å². The highest BCUT2D eigenvalue weighted by atomic mass is 16.5. The lowest BCUT2D eigenvalue weighted by atomic mass is 10.1. The van der Waals surface area contributed by atoms with Crippen LogP contribution in [0, 0.1) is 0 Å². The van der Waals surface area contributed by atoms with Gasteiger partial charge in [0, 0.05) is 6.61 Å². The summed E-state index contributed by atoms with van der Waals surface area (Å²) in [5.41, 5.74) is 7.18. The first-order chi connectivity index (χ1) is 9.13. The monoisotopic (exact) mass is 265 g/mol. The highest BCUT2D eigenvalue weighted by Crippen LogP contribution is 2.17. The van der Waals surface area contributed by atoms with E-state index in [9.17, 15) is 0 Å². The van der Waals surface area contributed by atoms with Crippen LogP contribution in [0.2, 0.25) is 0 Å². The zero-order chi connectivity index (χ0) is 14.1. The molecule has 2 N–H and O–H groups in total. The van der Waals surface area contributed by atoms with Crippen LogP contribution >= 0.6 is 0 Å². The highest BCUT2D eigenvalue weighted by molar-refractivity contribution is 5.29. The number of hydrogen-bond acceptors (Lipinski definition) is 3. The topological polar surface area (TPSA) is 44.5 Å². The Bertz CT molecular complexity index is 335. The molecule has 0 saturated carbocycles. The SMILES string of the molecule is CCCCCOCC(N)c1ccc(OC(C)C)cc1. The highest BCUT2D eigenvalue weighted by Gasteiger charge is 2.06. The predicted octanol–water partition coefficient (Wildman–Crippen LogP) is 3.68. The number of nitrogens with two attached hydrogens (primary N) is 1. The summed E-state index contributed by atoms with van der Waals surface area (Å²) in [5, 5.41) is 0. The molecule has 0 aromatic heterocycles. The van der Waals surface area contributed by atoms with Crippen molar-refractivity contribution < 1.29 is 9.47 Å². The minimum Gasteiger partial charge on any atom is -0.491 e. The molecule has 1 rings (SSSR count). The molecule has 1 aromatic rings. The molecular weight excluding hydrogens is 238 g/mol. The number of hydrogen-bond donors (Lipinski definition) is 1. The van der Waals surface area contributed by atoms with Crippen molar-refractivity contribution in [1.82, 2.24) is 0 Å². The third kappa shape index (κ3) is 6.60. The molecule has 0 bridgehead atoms. The Morgan fingerprint density at radius 1 is 1.11 bits per heavy atom. The average molecular weight is 265 g/mol. The quantitative estimate of drug-likeness (QED) is 0.693. The van der Waals surface area contributed by atoms with Gasteiger partial charge in [0.2, 0.25) is 0 Å². The van der Waals surface area contributed by atoms with E-state index in [2.05, 4.69) is 6.92 Å². The second kappa shape index (κ2) is 8.94. The third-order valence-electron chi connectivity index (χ3n) is 2.87. The molecule has 3 nitrogen and oxygen atoms in total. The standard InChI is InChI=1S/C16H27NO2/c1-4-5-6-11-18-12-16(17)14-7-9-15(10-8-14)19-13(2)3/h7-10,13,16H,4-6,11-12,17H2,1-3H3. The summed E-state index contributed by atoms with van der Waals surface area (Å²) in [6.45, 7) is 7.60. The summed E-state index contributed by atoms with van der Waals surface area (Å²) in [7, 11) is 0. The lowest BCUT2D eigenvalue weighted by Gasteiger charge is -2.14. The average Bonchev–Trinajstić information content (AvgIpc) is 2.38. The van der Waals surface area contributed by atoms with E-state index in [4.69, 9.17) is 15.2 Å². The smallest absolute Gasteiger partial charge is 0.119 e. The third-order valence-corrected chi connectivity index (χ3v) is 2.87.